The number of hydrogen-bond acceptors (Lipinski definition) is 4. The van der Waals surface area contributed by atoms with Gasteiger partial charge in [0.05, 0.1) is 22.2 Å². The molecule has 0 fully saturated rings. The maximum absolute atomic E-state index is 12.4. The number of fused-ring (bicyclic) bond motifs is 1. The van der Waals surface area contributed by atoms with Crippen molar-refractivity contribution in [1.82, 2.24) is 0 Å². The zero-order chi connectivity index (χ0) is 18.7. The summed E-state index contributed by atoms with van der Waals surface area (Å²) < 4.78 is 5.95. The Balaban J connectivity index is 1.84. The Kier molecular flexibility index (Phi) is 4.99. The minimum atomic E-state index is -1.17. The molecule has 0 unspecified atom stereocenters. The van der Waals surface area contributed by atoms with E-state index in [1.807, 2.05) is 0 Å². The molecule has 0 aliphatic heterocycles. The van der Waals surface area contributed by atoms with E-state index in [0.717, 1.165) is 6.08 Å². The molecule has 6 nitrogen and oxygen atoms in total. The summed E-state index contributed by atoms with van der Waals surface area (Å²) in [4.78, 5) is 35.7. The highest BCUT2D eigenvalue weighted by molar-refractivity contribution is 9.10. The molecule has 0 spiro atoms. The van der Waals surface area contributed by atoms with Gasteiger partial charge in [-0.3, -0.25) is 9.59 Å². The van der Waals surface area contributed by atoms with Gasteiger partial charge in [0.15, 0.2) is 5.43 Å². The van der Waals surface area contributed by atoms with Gasteiger partial charge in [0.1, 0.15) is 11.8 Å². The van der Waals surface area contributed by atoms with E-state index in [4.69, 9.17) is 4.42 Å². The van der Waals surface area contributed by atoms with Crippen LogP contribution in [0.1, 0.15) is 15.9 Å². The molecular formula is C19H12BrNO5. The predicted molar refractivity (Wildman–Crippen MR) is 101 cm³/mol. The number of carboxylic acids is 1. The van der Waals surface area contributed by atoms with Crippen molar-refractivity contribution in [1.29, 1.82) is 0 Å². The van der Waals surface area contributed by atoms with Gasteiger partial charge >= 0.3 is 5.97 Å². The van der Waals surface area contributed by atoms with Crippen molar-refractivity contribution >= 4 is 50.5 Å². The van der Waals surface area contributed by atoms with Gasteiger partial charge in [-0.1, -0.05) is 28.1 Å². The quantitative estimate of drug-likeness (QED) is 0.632. The van der Waals surface area contributed by atoms with Crippen LogP contribution in [0.3, 0.4) is 0 Å². The summed E-state index contributed by atoms with van der Waals surface area (Å²) >= 11 is 3.18. The molecule has 0 bridgehead atoms. The largest absolute Gasteiger partial charge is 0.478 e. The van der Waals surface area contributed by atoms with E-state index >= 15 is 0 Å². The summed E-state index contributed by atoms with van der Waals surface area (Å²) in [5.41, 5.74) is 0.520. The molecule has 0 aliphatic carbocycles. The highest BCUT2D eigenvalue weighted by Gasteiger charge is 2.12. The number of carbonyl (C=O) groups excluding carboxylic acids is 1. The summed E-state index contributed by atoms with van der Waals surface area (Å²) in [5.74, 6) is -1.73. The maximum atomic E-state index is 12.4. The van der Waals surface area contributed by atoms with Gasteiger partial charge in [-0.05, 0) is 36.4 Å². The lowest BCUT2D eigenvalue weighted by Crippen LogP contribution is -2.12. The number of rotatable bonds is 4. The molecule has 0 aliphatic rings. The topological polar surface area (TPSA) is 96.6 Å². The molecule has 0 saturated heterocycles. The van der Waals surface area contributed by atoms with Crippen molar-refractivity contribution < 1.29 is 19.1 Å². The highest BCUT2D eigenvalue weighted by atomic mass is 79.9. The number of para-hydroxylation sites is 1. The highest BCUT2D eigenvalue weighted by Crippen LogP contribution is 2.21. The van der Waals surface area contributed by atoms with Crippen LogP contribution in [0.4, 0.5) is 5.69 Å². The lowest BCUT2D eigenvalue weighted by Gasteiger charge is -2.07. The minimum Gasteiger partial charge on any atom is -0.478 e. The smallest absolute Gasteiger partial charge is 0.337 e. The lowest BCUT2D eigenvalue weighted by atomic mass is 10.1. The molecule has 0 atom stereocenters. The van der Waals surface area contributed by atoms with E-state index in [1.165, 1.54) is 24.5 Å². The van der Waals surface area contributed by atoms with Crippen molar-refractivity contribution in [3.8, 4) is 0 Å². The monoisotopic (exact) mass is 413 g/mol. The Bertz CT molecular complexity index is 1100. The first-order valence-electron chi connectivity index (χ1n) is 7.48. The number of nitrogens with one attached hydrogen (secondary N) is 1. The second kappa shape index (κ2) is 7.37. The van der Waals surface area contributed by atoms with Gasteiger partial charge < -0.3 is 14.8 Å². The normalized spacial score (nSPS) is 11.0. The van der Waals surface area contributed by atoms with Crippen LogP contribution in [0.5, 0.6) is 0 Å². The Hall–Kier alpha value is -3.19. The number of carboxylic acid groups (broad SMARTS) is 1. The van der Waals surface area contributed by atoms with E-state index in [2.05, 4.69) is 21.2 Å². The third kappa shape index (κ3) is 3.73. The first-order chi connectivity index (χ1) is 12.5. The maximum Gasteiger partial charge on any atom is 0.337 e. The number of carbonyl (C=O) groups is 2. The molecular weight excluding hydrogens is 402 g/mol. The number of aromatic carboxylic acids is 1. The molecule has 0 radical (unpaired) electrons. The molecule has 3 aromatic rings. The van der Waals surface area contributed by atoms with Crippen molar-refractivity contribution in [2.75, 3.05) is 5.32 Å². The Morgan fingerprint density at radius 2 is 1.92 bits per heavy atom. The molecule has 26 heavy (non-hydrogen) atoms. The number of halogens is 1. The van der Waals surface area contributed by atoms with E-state index in [-0.39, 0.29) is 22.2 Å². The van der Waals surface area contributed by atoms with Gasteiger partial charge in [-0.25, -0.2) is 4.79 Å². The van der Waals surface area contributed by atoms with Crippen LogP contribution in [-0.2, 0) is 4.79 Å². The fourth-order valence-electron chi connectivity index (χ4n) is 2.35. The number of anilines is 1. The van der Waals surface area contributed by atoms with Crippen molar-refractivity contribution in [2.24, 2.45) is 0 Å². The molecule has 2 N–H and O–H groups in total. The Morgan fingerprint density at radius 1 is 1.15 bits per heavy atom. The molecule has 130 valence electrons. The second-order valence-electron chi connectivity index (χ2n) is 5.33. The van der Waals surface area contributed by atoms with Crippen LogP contribution < -0.4 is 10.7 Å². The van der Waals surface area contributed by atoms with E-state index in [0.29, 0.717) is 15.4 Å². The van der Waals surface area contributed by atoms with Crippen LogP contribution in [0.15, 0.2) is 68.5 Å². The Morgan fingerprint density at radius 3 is 2.69 bits per heavy atom. The van der Waals surface area contributed by atoms with Crippen LogP contribution in [-0.4, -0.2) is 17.0 Å². The van der Waals surface area contributed by atoms with Gasteiger partial charge in [0.25, 0.3) is 0 Å². The number of benzene rings is 2. The van der Waals surface area contributed by atoms with Gasteiger partial charge in [0, 0.05) is 10.5 Å². The Labute approximate surface area is 155 Å². The number of amides is 1. The van der Waals surface area contributed by atoms with Gasteiger partial charge in [0.2, 0.25) is 5.91 Å². The van der Waals surface area contributed by atoms with Crippen molar-refractivity contribution in [3.63, 3.8) is 0 Å². The van der Waals surface area contributed by atoms with E-state index in [9.17, 15) is 19.5 Å². The third-order valence-corrected chi connectivity index (χ3v) is 4.08. The first-order valence-corrected chi connectivity index (χ1v) is 8.27. The second-order valence-corrected chi connectivity index (χ2v) is 6.25. The molecule has 0 saturated carbocycles. The summed E-state index contributed by atoms with van der Waals surface area (Å²) in [7, 11) is 0. The number of hydrogen-bond donors (Lipinski definition) is 2. The van der Waals surface area contributed by atoms with E-state index in [1.54, 1.807) is 30.3 Å². The summed E-state index contributed by atoms with van der Waals surface area (Å²) in [5, 5.41) is 12.1. The van der Waals surface area contributed by atoms with Crippen molar-refractivity contribution in [2.45, 2.75) is 0 Å². The standard InChI is InChI=1S/C19H12BrNO5/c20-12-6-7-15(14(9-12)19(24)25)21-17(22)8-5-11-10-26-16-4-2-1-3-13(16)18(11)23/h1-10H,(H,21,22)(H,24,25)/b8-5+. The zero-order valence-electron chi connectivity index (χ0n) is 13.2. The first kappa shape index (κ1) is 17.6. The molecule has 1 amide bonds. The minimum absolute atomic E-state index is 0.0497. The summed E-state index contributed by atoms with van der Waals surface area (Å²) in [6.45, 7) is 0. The summed E-state index contributed by atoms with van der Waals surface area (Å²) in [6.07, 6.45) is 3.75. The van der Waals surface area contributed by atoms with Crippen LogP contribution in [0.2, 0.25) is 0 Å². The fourth-order valence-corrected chi connectivity index (χ4v) is 2.71. The van der Waals surface area contributed by atoms with Crippen LogP contribution >= 0.6 is 15.9 Å². The van der Waals surface area contributed by atoms with Crippen molar-refractivity contribution in [3.05, 3.63) is 80.6 Å². The average Bonchev–Trinajstić information content (AvgIpc) is 2.62. The molecule has 1 heterocycles. The third-order valence-electron chi connectivity index (χ3n) is 3.59. The van der Waals surface area contributed by atoms with Gasteiger partial charge in [-0.2, -0.15) is 0 Å². The summed E-state index contributed by atoms with van der Waals surface area (Å²) in [6, 6.07) is 11.3. The molecule has 3 rings (SSSR count). The van der Waals surface area contributed by atoms with Crippen LogP contribution in [0, 0.1) is 0 Å². The lowest BCUT2D eigenvalue weighted by molar-refractivity contribution is -0.111. The van der Waals surface area contributed by atoms with Gasteiger partial charge in [-0.15, -0.1) is 0 Å². The SMILES string of the molecule is O=C(/C=C/c1coc2ccccc2c1=O)Nc1ccc(Br)cc1C(=O)O. The molecule has 1 aromatic heterocycles. The predicted octanol–water partition coefficient (Wildman–Crippen LogP) is 3.91. The zero-order valence-corrected chi connectivity index (χ0v) is 14.8. The van der Waals surface area contributed by atoms with E-state index < -0.39 is 11.9 Å². The average molecular weight is 414 g/mol. The molecule has 2 aromatic carbocycles. The fraction of sp³-hybridized carbons (Fsp3) is 0. The van der Waals surface area contributed by atoms with Crippen LogP contribution in [0.25, 0.3) is 17.0 Å². The molecule has 7 heteroatoms.